The SMILES string of the molecule is COCc1ccc(CN(C)CCC(C)O)o1. The number of rotatable bonds is 7. The lowest BCUT2D eigenvalue weighted by molar-refractivity contribution is 0.152. The zero-order valence-corrected chi connectivity index (χ0v) is 10.3. The van der Waals surface area contributed by atoms with Crippen molar-refractivity contribution >= 4 is 0 Å². The smallest absolute Gasteiger partial charge is 0.129 e. The number of aliphatic hydroxyl groups excluding tert-OH is 1. The van der Waals surface area contributed by atoms with Crippen molar-refractivity contribution in [2.24, 2.45) is 0 Å². The van der Waals surface area contributed by atoms with Gasteiger partial charge in [0.2, 0.25) is 0 Å². The highest BCUT2D eigenvalue weighted by atomic mass is 16.5. The summed E-state index contributed by atoms with van der Waals surface area (Å²) in [5.74, 6) is 1.78. The van der Waals surface area contributed by atoms with Crippen molar-refractivity contribution in [3.05, 3.63) is 23.7 Å². The molecule has 1 heterocycles. The first kappa shape index (κ1) is 13.2. The second kappa shape index (κ2) is 6.68. The third-order valence-electron chi connectivity index (χ3n) is 2.36. The second-order valence-electron chi connectivity index (χ2n) is 4.18. The van der Waals surface area contributed by atoms with Gasteiger partial charge in [0.05, 0.1) is 12.6 Å². The molecule has 1 aromatic rings. The summed E-state index contributed by atoms with van der Waals surface area (Å²) in [5.41, 5.74) is 0. The van der Waals surface area contributed by atoms with Crippen LogP contribution in [-0.4, -0.2) is 36.8 Å². The molecule has 1 rings (SSSR count). The van der Waals surface area contributed by atoms with Gasteiger partial charge in [-0.1, -0.05) is 0 Å². The van der Waals surface area contributed by atoms with Crippen molar-refractivity contribution in [3.8, 4) is 0 Å². The number of hydrogen-bond acceptors (Lipinski definition) is 4. The lowest BCUT2D eigenvalue weighted by atomic mass is 10.2. The van der Waals surface area contributed by atoms with Gasteiger partial charge in [-0.2, -0.15) is 0 Å². The van der Waals surface area contributed by atoms with Crippen LogP contribution in [0, 0.1) is 0 Å². The zero-order valence-electron chi connectivity index (χ0n) is 10.3. The van der Waals surface area contributed by atoms with E-state index in [0.29, 0.717) is 6.61 Å². The van der Waals surface area contributed by atoms with Crippen molar-refractivity contribution in [3.63, 3.8) is 0 Å². The highest BCUT2D eigenvalue weighted by Gasteiger charge is 2.06. The lowest BCUT2D eigenvalue weighted by Crippen LogP contribution is -2.21. The summed E-state index contributed by atoms with van der Waals surface area (Å²) in [6.07, 6.45) is 0.533. The molecule has 1 N–H and O–H groups in total. The minimum atomic E-state index is -0.247. The fourth-order valence-electron chi connectivity index (χ4n) is 1.48. The molecular weight excluding hydrogens is 206 g/mol. The molecule has 92 valence electrons. The maximum atomic E-state index is 9.17. The largest absolute Gasteiger partial charge is 0.462 e. The summed E-state index contributed by atoms with van der Waals surface area (Å²) < 4.78 is 10.6. The van der Waals surface area contributed by atoms with Gasteiger partial charge in [0.1, 0.15) is 18.1 Å². The van der Waals surface area contributed by atoms with Crippen LogP contribution in [0.5, 0.6) is 0 Å². The molecule has 0 aliphatic heterocycles. The summed E-state index contributed by atoms with van der Waals surface area (Å²) in [4.78, 5) is 2.13. The predicted molar refractivity (Wildman–Crippen MR) is 62.1 cm³/mol. The highest BCUT2D eigenvalue weighted by Crippen LogP contribution is 2.11. The fraction of sp³-hybridized carbons (Fsp3) is 0.667. The molecule has 0 fully saturated rings. The number of ether oxygens (including phenoxy) is 1. The minimum absolute atomic E-state index is 0.247. The van der Waals surface area contributed by atoms with Crippen molar-refractivity contribution in [1.29, 1.82) is 0 Å². The topological polar surface area (TPSA) is 45.8 Å². The average molecular weight is 227 g/mol. The van der Waals surface area contributed by atoms with E-state index in [0.717, 1.165) is 31.0 Å². The van der Waals surface area contributed by atoms with Crippen LogP contribution in [0.2, 0.25) is 0 Å². The third-order valence-corrected chi connectivity index (χ3v) is 2.36. The molecule has 0 saturated heterocycles. The maximum Gasteiger partial charge on any atom is 0.129 e. The van der Waals surface area contributed by atoms with Crippen molar-refractivity contribution in [2.45, 2.75) is 32.6 Å². The molecule has 0 aromatic carbocycles. The van der Waals surface area contributed by atoms with E-state index in [9.17, 15) is 5.11 Å². The van der Waals surface area contributed by atoms with Gasteiger partial charge in [0, 0.05) is 13.7 Å². The van der Waals surface area contributed by atoms with Crippen LogP contribution < -0.4 is 0 Å². The molecule has 1 aromatic heterocycles. The van der Waals surface area contributed by atoms with Gasteiger partial charge in [0.15, 0.2) is 0 Å². The number of nitrogens with zero attached hydrogens (tertiary/aromatic N) is 1. The van der Waals surface area contributed by atoms with Crippen molar-refractivity contribution in [2.75, 3.05) is 20.7 Å². The van der Waals surface area contributed by atoms with E-state index >= 15 is 0 Å². The summed E-state index contributed by atoms with van der Waals surface area (Å²) in [7, 11) is 3.66. The van der Waals surface area contributed by atoms with E-state index in [-0.39, 0.29) is 6.10 Å². The Balaban J connectivity index is 2.34. The van der Waals surface area contributed by atoms with Gasteiger partial charge in [-0.05, 0) is 32.5 Å². The Labute approximate surface area is 96.8 Å². The molecule has 0 radical (unpaired) electrons. The van der Waals surface area contributed by atoms with Gasteiger partial charge >= 0.3 is 0 Å². The Hall–Kier alpha value is -0.840. The van der Waals surface area contributed by atoms with Crippen LogP contribution in [0.1, 0.15) is 24.9 Å². The lowest BCUT2D eigenvalue weighted by Gasteiger charge is -2.15. The molecule has 0 aliphatic rings. The Morgan fingerprint density at radius 2 is 2.12 bits per heavy atom. The van der Waals surface area contributed by atoms with Crippen LogP contribution in [0.25, 0.3) is 0 Å². The van der Waals surface area contributed by atoms with Gasteiger partial charge in [-0.3, -0.25) is 4.90 Å². The summed E-state index contributed by atoms with van der Waals surface area (Å²) in [5, 5.41) is 9.17. The van der Waals surface area contributed by atoms with Gasteiger partial charge in [-0.25, -0.2) is 0 Å². The van der Waals surface area contributed by atoms with E-state index in [1.54, 1.807) is 14.0 Å². The standard InChI is InChI=1S/C12H21NO3/c1-10(14)6-7-13(2)8-11-4-5-12(16-11)9-15-3/h4-5,10,14H,6-9H2,1-3H3. The second-order valence-corrected chi connectivity index (χ2v) is 4.18. The molecule has 0 aliphatic carbocycles. The van der Waals surface area contributed by atoms with Crippen molar-refractivity contribution < 1.29 is 14.3 Å². The minimum Gasteiger partial charge on any atom is -0.462 e. The summed E-state index contributed by atoms with van der Waals surface area (Å²) in [6.45, 7) is 3.93. The van der Waals surface area contributed by atoms with E-state index in [1.165, 1.54) is 0 Å². The Bertz CT molecular complexity index is 296. The molecule has 16 heavy (non-hydrogen) atoms. The molecule has 4 heteroatoms. The number of hydrogen-bond donors (Lipinski definition) is 1. The van der Waals surface area contributed by atoms with Gasteiger partial charge < -0.3 is 14.3 Å². The molecule has 0 spiro atoms. The quantitative estimate of drug-likeness (QED) is 0.769. The molecule has 0 bridgehead atoms. The van der Waals surface area contributed by atoms with Crippen LogP contribution in [0.4, 0.5) is 0 Å². The third kappa shape index (κ3) is 4.79. The first-order chi connectivity index (χ1) is 7.61. The van der Waals surface area contributed by atoms with Gasteiger partial charge in [-0.15, -0.1) is 0 Å². The predicted octanol–water partition coefficient (Wildman–Crippen LogP) is 1.63. The first-order valence-corrected chi connectivity index (χ1v) is 5.55. The molecule has 0 amide bonds. The van der Waals surface area contributed by atoms with Gasteiger partial charge in [0.25, 0.3) is 0 Å². The Kier molecular flexibility index (Phi) is 5.52. The molecule has 1 unspecified atom stereocenters. The van der Waals surface area contributed by atoms with Crippen LogP contribution in [-0.2, 0) is 17.9 Å². The van der Waals surface area contributed by atoms with E-state index in [1.807, 2.05) is 19.2 Å². The highest BCUT2D eigenvalue weighted by molar-refractivity contribution is 5.06. The summed E-state index contributed by atoms with van der Waals surface area (Å²) >= 11 is 0. The molecule has 4 nitrogen and oxygen atoms in total. The Morgan fingerprint density at radius 1 is 1.44 bits per heavy atom. The summed E-state index contributed by atoms with van der Waals surface area (Å²) in [6, 6.07) is 3.90. The van der Waals surface area contributed by atoms with E-state index in [2.05, 4.69) is 4.90 Å². The zero-order chi connectivity index (χ0) is 12.0. The first-order valence-electron chi connectivity index (χ1n) is 5.55. The monoisotopic (exact) mass is 227 g/mol. The van der Waals surface area contributed by atoms with Crippen LogP contribution in [0.15, 0.2) is 16.5 Å². The number of methoxy groups -OCH3 is 1. The Morgan fingerprint density at radius 3 is 2.75 bits per heavy atom. The van der Waals surface area contributed by atoms with Crippen molar-refractivity contribution in [1.82, 2.24) is 4.90 Å². The number of aliphatic hydroxyl groups is 1. The number of furan rings is 1. The fourth-order valence-corrected chi connectivity index (χ4v) is 1.48. The maximum absolute atomic E-state index is 9.17. The van der Waals surface area contributed by atoms with E-state index in [4.69, 9.17) is 9.15 Å². The van der Waals surface area contributed by atoms with Crippen LogP contribution >= 0.6 is 0 Å². The normalized spacial score (nSPS) is 13.3. The average Bonchev–Trinajstić information content (AvgIpc) is 2.63. The molecule has 0 saturated carbocycles. The molecule has 1 atom stereocenters. The van der Waals surface area contributed by atoms with Crippen LogP contribution in [0.3, 0.4) is 0 Å². The van der Waals surface area contributed by atoms with E-state index < -0.39 is 0 Å². The molecular formula is C12H21NO3.